The Hall–Kier alpha value is -2.44. The second kappa shape index (κ2) is 9.17. The summed E-state index contributed by atoms with van der Waals surface area (Å²) in [4.78, 5) is 12.4. The van der Waals surface area contributed by atoms with Crippen LogP contribution in [0.5, 0.6) is 0 Å². The van der Waals surface area contributed by atoms with Crippen molar-refractivity contribution < 1.29 is 4.79 Å². The Morgan fingerprint density at radius 3 is 2.68 bits per heavy atom. The molecule has 28 heavy (non-hydrogen) atoms. The zero-order chi connectivity index (χ0) is 20.1. The molecule has 0 unspecified atom stereocenters. The second-order valence-corrected chi connectivity index (χ2v) is 7.65. The van der Waals surface area contributed by atoms with Crippen LogP contribution in [0, 0.1) is 18.6 Å². The summed E-state index contributed by atoms with van der Waals surface area (Å²) in [6, 6.07) is 13.7. The van der Waals surface area contributed by atoms with Gasteiger partial charge in [-0.15, -0.1) is 0 Å². The van der Waals surface area contributed by atoms with Gasteiger partial charge >= 0.3 is 0 Å². The minimum Gasteiger partial charge on any atom is -0.355 e. The number of aromatic amines is 1. The number of aromatic nitrogens is 3. The molecule has 3 aromatic rings. The van der Waals surface area contributed by atoms with Crippen molar-refractivity contribution in [3.63, 3.8) is 0 Å². The van der Waals surface area contributed by atoms with Crippen LogP contribution in [0.15, 0.2) is 42.5 Å². The third-order valence-electron chi connectivity index (χ3n) is 4.61. The molecule has 1 amide bonds. The highest BCUT2D eigenvalue weighted by molar-refractivity contribution is 7.71. The van der Waals surface area contributed by atoms with Gasteiger partial charge in [0.1, 0.15) is 6.54 Å². The van der Waals surface area contributed by atoms with Gasteiger partial charge in [0.05, 0.1) is 0 Å². The van der Waals surface area contributed by atoms with E-state index in [1.54, 1.807) is 16.7 Å². The van der Waals surface area contributed by atoms with E-state index < -0.39 is 0 Å². The number of H-pyrrole nitrogens is 1. The topological polar surface area (TPSA) is 62.7 Å². The molecule has 0 saturated carbocycles. The summed E-state index contributed by atoms with van der Waals surface area (Å²) in [5, 5.41) is 10.6. The molecule has 3 rings (SSSR count). The first-order chi connectivity index (χ1) is 13.4. The number of rotatable bonds is 7. The second-order valence-electron chi connectivity index (χ2n) is 6.83. The van der Waals surface area contributed by atoms with E-state index in [1.165, 1.54) is 16.7 Å². The van der Waals surface area contributed by atoms with E-state index in [2.05, 4.69) is 47.6 Å². The van der Waals surface area contributed by atoms with Gasteiger partial charge in [-0.1, -0.05) is 35.4 Å². The molecule has 146 valence electrons. The molecule has 0 aliphatic carbocycles. The molecule has 0 aliphatic rings. The van der Waals surface area contributed by atoms with Crippen molar-refractivity contribution in [3.8, 4) is 11.4 Å². The van der Waals surface area contributed by atoms with E-state index in [-0.39, 0.29) is 12.5 Å². The summed E-state index contributed by atoms with van der Waals surface area (Å²) < 4.78 is 2.10. The molecule has 0 aliphatic heterocycles. The Labute approximate surface area is 174 Å². The van der Waals surface area contributed by atoms with Crippen LogP contribution in [0.1, 0.15) is 23.1 Å². The molecule has 7 heteroatoms. The van der Waals surface area contributed by atoms with Crippen molar-refractivity contribution in [3.05, 3.63) is 68.9 Å². The van der Waals surface area contributed by atoms with Crippen LogP contribution in [-0.2, 0) is 17.8 Å². The van der Waals surface area contributed by atoms with Crippen LogP contribution in [0.2, 0.25) is 5.02 Å². The molecule has 0 bridgehead atoms. The van der Waals surface area contributed by atoms with Crippen LogP contribution in [0.25, 0.3) is 11.4 Å². The van der Waals surface area contributed by atoms with Gasteiger partial charge < -0.3 is 5.32 Å². The van der Waals surface area contributed by atoms with Crippen LogP contribution in [-0.4, -0.2) is 27.2 Å². The van der Waals surface area contributed by atoms with Crippen molar-refractivity contribution in [1.82, 2.24) is 20.1 Å². The Bertz CT molecular complexity index is 1020. The van der Waals surface area contributed by atoms with E-state index in [0.717, 1.165) is 18.4 Å². The number of hydrogen-bond acceptors (Lipinski definition) is 3. The smallest absolute Gasteiger partial charge is 0.240 e. The highest BCUT2D eigenvalue weighted by Crippen LogP contribution is 2.20. The van der Waals surface area contributed by atoms with Crippen LogP contribution in [0.4, 0.5) is 0 Å². The average Bonchev–Trinajstić information content (AvgIpc) is 3.01. The molecule has 1 heterocycles. The monoisotopic (exact) mass is 414 g/mol. The van der Waals surface area contributed by atoms with Gasteiger partial charge in [-0.05, 0) is 74.3 Å². The standard InChI is InChI=1S/C21H23ClN4OS/c1-14-5-6-16(15(2)12-14)4-3-11-23-19(27)13-26-20(24-25-21(26)28)17-7-9-18(22)10-8-17/h5-10,12H,3-4,11,13H2,1-2H3,(H,23,27)(H,25,28). The van der Waals surface area contributed by atoms with Crippen LogP contribution < -0.4 is 5.32 Å². The van der Waals surface area contributed by atoms with Gasteiger partial charge in [0.25, 0.3) is 0 Å². The summed E-state index contributed by atoms with van der Waals surface area (Å²) in [5.74, 6) is 0.528. The number of carbonyl (C=O) groups is 1. The van der Waals surface area contributed by atoms with Crippen molar-refractivity contribution >= 4 is 29.7 Å². The third-order valence-corrected chi connectivity index (χ3v) is 5.17. The Kier molecular flexibility index (Phi) is 6.65. The Morgan fingerprint density at radius 2 is 1.96 bits per heavy atom. The number of aryl methyl sites for hydroxylation is 3. The van der Waals surface area contributed by atoms with Crippen molar-refractivity contribution in [2.75, 3.05) is 6.54 Å². The fourth-order valence-corrected chi connectivity index (χ4v) is 3.44. The maximum Gasteiger partial charge on any atom is 0.240 e. The predicted octanol–water partition coefficient (Wildman–Crippen LogP) is 4.63. The van der Waals surface area contributed by atoms with Gasteiger partial charge in [0.15, 0.2) is 10.6 Å². The maximum atomic E-state index is 12.4. The summed E-state index contributed by atoms with van der Waals surface area (Å²) in [5.41, 5.74) is 4.73. The average molecular weight is 415 g/mol. The summed E-state index contributed by atoms with van der Waals surface area (Å²) in [6.07, 6.45) is 1.82. The summed E-state index contributed by atoms with van der Waals surface area (Å²) in [7, 11) is 0. The molecule has 0 radical (unpaired) electrons. The Morgan fingerprint density at radius 1 is 1.21 bits per heavy atom. The normalized spacial score (nSPS) is 10.8. The lowest BCUT2D eigenvalue weighted by Crippen LogP contribution is -2.29. The summed E-state index contributed by atoms with van der Waals surface area (Å²) in [6.45, 7) is 4.96. The number of carbonyl (C=O) groups excluding carboxylic acids is 1. The van der Waals surface area contributed by atoms with E-state index >= 15 is 0 Å². The van der Waals surface area contributed by atoms with E-state index in [1.807, 2.05) is 12.1 Å². The van der Waals surface area contributed by atoms with Gasteiger partial charge in [-0.25, -0.2) is 0 Å². The number of halogens is 1. The molecule has 0 atom stereocenters. The van der Waals surface area contributed by atoms with Crippen molar-refractivity contribution in [2.45, 2.75) is 33.2 Å². The van der Waals surface area contributed by atoms with E-state index in [0.29, 0.717) is 22.2 Å². The van der Waals surface area contributed by atoms with Crippen molar-refractivity contribution in [1.29, 1.82) is 0 Å². The Balaban J connectivity index is 1.56. The lowest BCUT2D eigenvalue weighted by molar-refractivity contribution is -0.121. The SMILES string of the molecule is Cc1ccc(CCCNC(=O)Cn2c(-c3ccc(Cl)cc3)n[nH]c2=S)c(C)c1. The zero-order valence-electron chi connectivity index (χ0n) is 16.0. The lowest BCUT2D eigenvalue weighted by Gasteiger charge is -2.10. The number of nitrogens with zero attached hydrogens (tertiary/aromatic N) is 2. The van der Waals surface area contributed by atoms with E-state index in [4.69, 9.17) is 23.8 Å². The van der Waals surface area contributed by atoms with Crippen LogP contribution >= 0.6 is 23.8 Å². The van der Waals surface area contributed by atoms with E-state index in [9.17, 15) is 4.79 Å². The van der Waals surface area contributed by atoms with Gasteiger partial charge in [-0.3, -0.25) is 14.5 Å². The minimum atomic E-state index is -0.0895. The molecule has 2 N–H and O–H groups in total. The molecule has 5 nitrogen and oxygen atoms in total. The fraction of sp³-hybridized carbons (Fsp3) is 0.286. The predicted molar refractivity (Wildman–Crippen MR) is 115 cm³/mol. The highest BCUT2D eigenvalue weighted by Gasteiger charge is 2.12. The van der Waals surface area contributed by atoms with Gasteiger partial charge in [0.2, 0.25) is 5.91 Å². The van der Waals surface area contributed by atoms with Crippen molar-refractivity contribution in [2.24, 2.45) is 0 Å². The first-order valence-corrected chi connectivity index (χ1v) is 9.96. The largest absolute Gasteiger partial charge is 0.355 e. The maximum absolute atomic E-state index is 12.4. The molecule has 0 spiro atoms. The quantitative estimate of drug-likeness (QED) is 0.437. The first-order valence-electron chi connectivity index (χ1n) is 9.18. The number of hydrogen-bond donors (Lipinski definition) is 2. The van der Waals surface area contributed by atoms with Gasteiger partial charge in [0, 0.05) is 17.1 Å². The molecular weight excluding hydrogens is 392 g/mol. The lowest BCUT2D eigenvalue weighted by atomic mass is 10.0. The molecule has 1 aromatic heterocycles. The molecule has 2 aromatic carbocycles. The minimum absolute atomic E-state index is 0.0895. The third kappa shape index (κ3) is 5.09. The zero-order valence-corrected chi connectivity index (χ0v) is 17.5. The highest BCUT2D eigenvalue weighted by atomic mass is 35.5. The number of nitrogens with one attached hydrogen (secondary N) is 2. The molecular formula is C21H23ClN4OS. The van der Waals surface area contributed by atoms with Crippen LogP contribution in [0.3, 0.4) is 0 Å². The molecule has 0 saturated heterocycles. The number of benzene rings is 2. The number of amides is 1. The summed E-state index contributed by atoms with van der Waals surface area (Å²) >= 11 is 11.2. The molecule has 0 fully saturated rings. The van der Waals surface area contributed by atoms with Gasteiger partial charge in [-0.2, -0.15) is 5.10 Å². The first kappa shape index (κ1) is 20.3. The fourth-order valence-electron chi connectivity index (χ4n) is 3.12.